The molecular formula is C18H19NO6. The Morgan fingerprint density at radius 1 is 0.960 bits per heavy atom. The highest BCUT2D eigenvalue weighted by atomic mass is 16.5. The van der Waals surface area contributed by atoms with Crippen LogP contribution in [0.1, 0.15) is 27.0 Å². The number of aromatic hydroxyl groups is 1. The van der Waals surface area contributed by atoms with Crippen molar-refractivity contribution in [1.29, 1.82) is 0 Å². The van der Waals surface area contributed by atoms with Crippen LogP contribution in [0.4, 0.5) is 0 Å². The van der Waals surface area contributed by atoms with E-state index in [2.05, 4.69) is 5.32 Å². The normalized spacial score (nSPS) is 18.5. The van der Waals surface area contributed by atoms with Gasteiger partial charge >= 0.3 is 0 Å². The number of carbonyl (C=O) groups is 1. The molecule has 1 aliphatic heterocycles. The number of carbonyl (C=O) groups excluding carboxylic acids is 1. The molecule has 0 saturated carbocycles. The minimum Gasteiger partial charge on any atom is -0.508 e. The summed E-state index contributed by atoms with van der Waals surface area (Å²) in [6, 6.07) is 6.09. The third-order valence-electron chi connectivity index (χ3n) is 4.23. The molecule has 0 bridgehead atoms. The Balaban J connectivity index is 2.33. The highest BCUT2D eigenvalue weighted by Crippen LogP contribution is 2.46. The summed E-state index contributed by atoms with van der Waals surface area (Å²) in [6.07, 6.45) is 0. The van der Waals surface area contributed by atoms with Gasteiger partial charge in [-0.3, -0.25) is 4.79 Å². The molecule has 0 radical (unpaired) electrons. The molecule has 0 fully saturated rings. The lowest BCUT2D eigenvalue weighted by Gasteiger charge is -2.27. The maximum atomic E-state index is 12.5. The fourth-order valence-electron chi connectivity index (χ4n) is 3.16. The number of phenolic OH excluding ortho intramolecular Hbond substituents is 1. The summed E-state index contributed by atoms with van der Waals surface area (Å²) >= 11 is 0. The van der Waals surface area contributed by atoms with Gasteiger partial charge in [-0.2, -0.15) is 0 Å². The molecule has 0 unspecified atom stereocenters. The van der Waals surface area contributed by atoms with E-state index in [1.165, 1.54) is 33.5 Å². The maximum absolute atomic E-state index is 12.5. The largest absolute Gasteiger partial charge is 0.508 e. The molecule has 1 aliphatic rings. The molecule has 0 spiro atoms. The van der Waals surface area contributed by atoms with Crippen LogP contribution >= 0.6 is 0 Å². The zero-order chi connectivity index (χ0) is 18.4. The first-order valence-electron chi connectivity index (χ1n) is 7.55. The van der Waals surface area contributed by atoms with Crippen molar-refractivity contribution in [3.8, 4) is 23.0 Å². The number of rotatable bonds is 4. The second-order valence-corrected chi connectivity index (χ2v) is 5.78. The highest BCUT2D eigenvalue weighted by molar-refractivity contribution is 6.03. The monoisotopic (exact) mass is 345 g/mol. The molecule has 0 saturated heterocycles. The van der Waals surface area contributed by atoms with E-state index >= 15 is 0 Å². The second kappa shape index (κ2) is 5.86. The fraction of sp³-hybridized carbons (Fsp3) is 0.278. The molecular weight excluding hydrogens is 326 g/mol. The quantitative estimate of drug-likeness (QED) is 0.780. The molecule has 7 heteroatoms. The van der Waals surface area contributed by atoms with Crippen molar-refractivity contribution in [3.63, 3.8) is 0 Å². The molecule has 25 heavy (non-hydrogen) atoms. The van der Waals surface area contributed by atoms with E-state index in [1.807, 2.05) is 6.92 Å². The zero-order valence-electron chi connectivity index (χ0n) is 14.3. The Hall–Kier alpha value is -2.93. The molecule has 0 aliphatic carbocycles. The van der Waals surface area contributed by atoms with Crippen LogP contribution in [0, 0.1) is 6.92 Å². The smallest absolute Gasteiger partial charge is 0.258 e. The summed E-state index contributed by atoms with van der Waals surface area (Å²) in [5.74, 6) is 0.217. The summed E-state index contributed by atoms with van der Waals surface area (Å²) in [4.78, 5) is 12.5. The Kier molecular flexibility index (Phi) is 3.96. The highest BCUT2D eigenvalue weighted by Gasteiger charge is 2.47. The predicted octanol–water partition coefficient (Wildman–Crippen LogP) is 1.66. The van der Waals surface area contributed by atoms with Gasteiger partial charge in [0, 0.05) is 11.6 Å². The van der Waals surface area contributed by atoms with Gasteiger partial charge in [0.1, 0.15) is 11.5 Å². The van der Waals surface area contributed by atoms with Crippen molar-refractivity contribution in [1.82, 2.24) is 5.32 Å². The molecule has 2 aromatic rings. The molecule has 1 heterocycles. The van der Waals surface area contributed by atoms with Crippen LogP contribution in [-0.2, 0) is 5.72 Å². The second-order valence-electron chi connectivity index (χ2n) is 5.78. The first-order chi connectivity index (χ1) is 11.8. The van der Waals surface area contributed by atoms with E-state index in [-0.39, 0.29) is 28.4 Å². The molecule has 1 atom stereocenters. The summed E-state index contributed by atoms with van der Waals surface area (Å²) in [7, 11) is 4.32. The van der Waals surface area contributed by atoms with Crippen LogP contribution in [0.5, 0.6) is 23.0 Å². The SMILES string of the molecule is COc1cc(C)cc([C@]2(O)NC(=O)c3c(OC)cc(O)cc32)c1OC. The standard InChI is InChI=1S/C18H19NO6/c1-9-5-12(16(25-4)14(6-9)24-3)18(22)11-7-10(20)8-13(23-2)15(11)17(21)19-18/h5-8,20,22H,1-4H3,(H,19,21)/t18-/m0/s1. The first-order valence-corrected chi connectivity index (χ1v) is 7.55. The number of hydrogen-bond acceptors (Lipinski definition) is 6. The first kappa shape index (κ1) is 16.9. The van der Waals surface area contributed by atoms with E-state index in [9.17, 15) is 15.0 Å². The number of methoxy groups -OCH3 is 3. The van der Waals surface area contributed by atoms with Gasteiger partial charge in [-0.1, -0.05) is 0 Å². The number of amides is 1. The molecule has 132 valence electrons. The van der Waals surface area contributed by atoms with Gasteiger partial charge < -0.3 is 29.7 Å². The minimum absolute atomic E-state index is 0.135. The third kappa shape index (κ3) is 2.44. The maximum Gasteiger partial charge on any atom is 0.258 e. The molecule has 1 amide bonds. The van der Waals surface area contributed by atoms with E-state index in [1.54, 1.807) is 12.1 Å². The topological polar surface area (TPSA) is 97.3 Å². The van der Waals surface area contributed by atoms with Gasteiger partial charge in [0.2, 0.25) is 0 Å². The lowest BCUT2D eigenvalue weighted by molar-refractivity contribution is 0.0454. The number of aryl methyl sites for hydroxylation is 1. The van der Waals surface area contributed by atoms with E-state index in [4.69, 9.17) is 14.2 Å². The Morgan fingerprint density at radius 3 is 2.24 bits per heavy atom. The van der Waals surface area contributed by atoms with Crippen LogP contribution in [-0.4, -0.2) is 37.4 Å². The Labute approximate surface area is 144 Å². The van der Waals surface area contributed by atoms with Crippen LogP contribution in [0.2, 0.25) is 0 Å². The zero-order valence-corrected chi connectivity index (χ0v) is 14.3. The summed E-state index contributed by atoms with van der Waals surface area (Å²) < 4.78 is 15.9. The van der Waals surface area contributed by atoms with Crippen LogP contribution < -0.4 is 19.5 Å². The number of nitrogens with one attached hydrogen (secondary N) is 1. The van der Waals surface area contributed by atoms with Crippen molar-refractivity contribution in [2.45, 2.75) is 12.6 Å². The lowest BCUT2D eigenvalue weighted by Crippen LogP contribution is -2.40. The summed E-state index contributed by atoms with van der Waals surface area (Å²) in [6.45, 7) is 1.83. The van der Waals surface area contributed by atoms with Crippen molar-refractivity contribution in [3.05, 3.63) is 46.5 Å². The summed E-state index contributed by atoms with van der Waals surface area (Å²) in [5.41, 5.74) is -0.462. The molecule has 3 rings (SSSR count). The fourth-order valence-corrected chi connectivity index (χ4v) is 3.16. The Morgan fingerprint density at radius 2 is 1.64 bits per heavy atom. The molecule has 7 nitrogen and oxygen atoms in total. The van der Waals surface area contributed by atoms with Gasteiger partial charge in [-0.05, 0) is 30.7 Å². The molecule has 0 aromatic heterocycles. The average Bonchev–Trinajstić information content (AvgIpc) is 2.84. The average molecular weight is 345 g/mol. The van der Waals surface area contributed by atoms with E-state index in [0.717, 1.165) is 5.56 Å². The van der Waals surface area contributed by atoms with Crippen LogP contribution in [0.25, 0.3) is 0 Å². The number of phenols is 1. The third-order valence-corrected chi connectivity index (χ3v) is 4.23. The van der Waals surface area contributed by atoms with Crippen LogP contribution in [0.15, 0.2) is 24.3 Å². The minimum atomic E-state index is -1.90. The van der Waals surface area contributed by atoms with Crippen molar-refractivity contribution < 1.29 is 29.2 Å². The van der Waals surface area contributed by atoms with Gasteiger partial charge in [-0.15, -0.1) is 0 Å². The van der Waals surface area contributed by atoms with E-state index in [0.29, 0.717) is 11.3 Å². The van der Waals surface area contributed by atoms with Gasteiger partial charge in [0.25, 0.3) is 5.91 Å². The number of hydrogen-bond donors (Lipinski definition) is 3. The number of fused-ring (bicyclic) bond motifs is 1. The van der Waals surface area contributed by atoms with E-state index < -0.39 is 11.6 Å². The lowest BCUT2D eigenvalue weighted by atomic mass is 9.91. The van der Waals surface area contributed by atoms with Gasteiger partial charge in [-0.25, -0.2) is 0 Å². The van der Waals surface area contributed by atoms with Crippen molar-refractivity contribution >= 4 is 5.91 Å². The van der Waals surface area contributed by atoms with Crippen molar-refractivity contribution in [2.75, 3.05) is 21.3 Å². The predicted molar refractivity (Wildman–Crippen MR) is 89.4 cm³/mol. The number of ether oxygens (including phenoxy) is 3. The molecule has 2 aromatic carbocycles. The number of aliphatic hydroxyl groups is 1. The van der Waals surface area contributed by atoms with Gasteiger partial charge in [0.05, 0.1) is 32.5 Å². The number of benzene rings is 2. The van der Waals surface area contributed by atoms with Gasteiger partial charge in [0.15, 0.2) is 17.2 Å². The molecule has 3 N–H and O–H groups in total. The van der Waals surface area contributed by atoms with Crippen molar-refractivity contribution in [2.24, 2.45) is 0 Å². The van der Waals surface area contributed by atoms with Crippen LogP contribution in [0.3, 0.4) is 0 Å². The Bertz CT molecular complexity index is 863. The summed E-state index contributed by atoms with van der Waals surface area (Å²) in [5, 5.41) is 23.9.